The summed E-state index contributed by atoms with van der Waals surface area (Å²) < 4.78 is 0.469. The van der Waals surface area contributed by atoms with Gasteiger partial charge in [0.25, 0.3) is 0 Å². The van der Waals surface area contributed by atoms with Crippen LogP contribution in [0.2, 0.25) is 0 Å². The molecule has 0 spiro atoms. The van der Waals surface area contributed by atoms with Crippen molar-refractivity contribution >= 4 is 51.2 Å². The topological polar surface area (TPSA) is 17.1 Å². The summed E-state index contributed by atoms with van der Waals surface area (Å²) in [5.74, 6) is 1.99. The third-order valence-corrected chi connectivity index (χ3v) is 8.29. The Morgan fingerprint density at radius 1 is 1.27 bits per heavy atom. The van der Waals surface area contributed by atoms with Gasteiger partial charge in [-0.3, -0.25) is 4.79 Å². The first kappa shape index (κ1) is 16.0. The van der Waals surface area contributed by atoms with Crippen LogP contribution in [0.15, 0.2) is 54.6 Å². The first-order valence-corrected chi connectivity index (χ1v) is 10.2. The second-order valence-corrected chi connectivity index (χ2v) is 9.21. The van der Waals surface area contributed by atoms with Crippen molar-refractivity contribution < 1.29 is 4.79 Å². The molecule has 0 aromatic heterocycles. The van der Waals surface area contributed by atoms with Gasteiger partial charge in [-0.1, -0.05) is 60.8 Å². The molecule has 114 valence electrons. The lowest BCUT2D eigenvalue weighted by Gasteiger charge is -2.13. The van der Waals surface area contributed by atoms with E-state index in [4.69, 9.17) is 0 Å². The van der Waals surface area contributed by atoms with E-state index in [1.165, 1.54) is 28.1 Å². The Kier molecular flexibility index (Phi) is 5.21. The number of fused-ring (bicyclic) bond motifs is 1. The molecule has 1 aliphatic rings. The second kappa shape index (κ2) is 7.16. The first-order chi connectivity index (χ1) is 10.6. The van der Waals surface area contributed by atoms with E-state index in [0.29, 0.717) is 15.4 Å². The van der Waals surface area contributed by atoms with E-state index < -0.39 is 0 Å². The summed E-state index contributed by atoms with van der Waals surface area (Å²) >= 11 is 5.40. The van der Waals surface area contributed by atoms with Crippen molar-refractivity contribution in [3.63, 3.8) is 0 Å². The Morgan fingerprint density at radius 3 is 2.86 bits per heavy atom. The van der Waals surface area contributed by atoms with Gasteiger partial charge in [0.15, 0.2) is 0 Å². The summed E-state index contributed by atoms with van der Waals surface area (Å²) in [5, 5.41) is 3.30. The van der Waals surface area contributed by atoms with Crippen LogP contribution in [0.5, 0.6) is 0 Å². The predicted molar refractivity (Wildman–Crippen MR) is 103 cm³/mol. The maximum absolute atomic E-state index is 11.7. The molecule has 3 rings (SSSR count). The molecule has 2 aromatic rings. The molecule has 1 heterocycles. The minimum atomic E-state index is 0.124. The second-order valence-electron chi connectivity index (χ2n) is 5.37. The molecule has 1 fully saturated rings. The van der Waals surface area contributed by atoms with Crippen LogP contribution >= 0.6 is 35.3 Å². The first-order valence-electron chi connectivity index (χ1n) is 7.22. The Morgan fingerprint density at radius 2 is 2.05 bits per heavy atom. The molecule has 2 aromatic carbocycles. The Hall–Kier alpha value is -0.840. The normalized spacial score (nSPS) is 21.1. The van der Waals surface area contributed by atoms with Crippen LogP contribution in [-0.2, 0) is 4.79 Å². The molecule has 2 atom stereocenters. The fourth-order valence-corrected chi connectivity index (χ4v) is 6.98. The van der Waals surface area contributed by atoms with Crippen molar-refractivity contribution in [2.24, 2.45) is 0 Å². The molecule has 0 bridgehead atoms. The highest BCUT2D eigenvalue weighted by atomic mass is 32.2. The van der Waals surface area contributed by atoms with E-state index in [1.807, 2.05) is 23.5 Å². The summed E-state index contributed by atoms with van der Waals surface area (Å²) in [4.78, 5) is 11.7. The standard InChI is InChI=1S/C18H18OS3/c1-12(2)17(19)20-10-14-11-21-18(22-14)16-9-5-7-13-6-3-4-8-15(13)16/h3-9,14,18H,1,10-11H2,2H3. The van der Waals surface area contributed by atoms with Crippen molar-refractivity contribution in [2.45, 2.75) is 16.8 Å². The molecule has 1 nitrogen and oxygen atoms in total. The van der Waals surface area contributed by atoms with Crippen LogP contribution in [0, 0.1) is 0 Å². The lowest BCUT2D eigenvalue weighted by atomic mass is 10.1. The van der Waals surface area contributed by atoms with E-state index in [0.717, 1.165) is 11.5 Å². The summed E-state index contributed by atoms with van der Waals surface area (Å²) in [6.07, 6.45) is 0. The molecule has 0 amide bonds. The van der Waals surface area contributed by atoms with Gasteiger partial charge in [-0.15, -0.1) is 23.5 Å². The molecule has 22 heavy (non-hydrogen) atoms. The van der Waals surface area contributed by atoms with Crippen molar-refractivity contribution in [3.05, 3.63) is 60.2 Å². The number of rotatable bonds is 4. The smallest absolute Gasteiger partial charge is 0.214 e. The third kappa shape index (κ3) is 3.55. The van der Waals surface area contributed by atoms with E-state index >= 15 is 0 Å². The number of hydrogen-bond donors (Lipinski definition) is 0. The number of carbonyl (C=O) groups excluding carboxylic acids is 1. The highest BCUT2D eigenvalue weighted by Gasteiger charge is 2.28. The molecular weight excluding hydrogens is 328 g/mol. The van der Waals surface area contributed by atoms with Crippen LogP contribution in [0.3, 0.4) is 0 Å². The van der Waals surface area contributed by atoms with E-state index in [-0.39, 0.29) is 5.12 Å². The summed E-state index contributed by atoms with van der Waals surface area (Å²) in [6.45, 7) is 5.50. The lowest BCUT2D eigenvalue weighted by Crippen LogP contribution is -2.07. The molecule has 0 saturated carbocycles. The Balaban J connectivity index is 1.69. The molecular formula is C18H18OS3. The van der Waals surface area contributed by atoms with Crippen LogP contribution in [0.4, 0.5) is 0 Å². The van der Waals surface area contributed by atoms with E-state index in [9.17, 15) is 4.79 Å². The van der Waals surface area contributed by atoms with Crippen molar-refractivity contribution in [1.82, 2.24) is 0 Å². The van der Waals surface area contributed by atoms with Gasteiger partial charge in [0.05, 0.1) is 4.58 Å². The van der Waals surface area contributed by atoms with Crippen LogP contribution in [0.25, 0.3) is 10.8 Å². The zero-order valence-electron chi connectivity index (χ0n) is 12.5. The van der Waals surface area contributed by atoms with Gasteiger partial charge in [-0.25, -0.2) is 0 Å². The Bertz CT molecular complexity index is 705. The van der Waals surface area contributed by atoms with Gasteiger partial charge in [0, 0.05) is 16.8 Å². The molecule has 0 N–H and O–H groups in total. The van der Waals surface area contributed by atoms with E-state index in [2.05, 4.69) is 49.0 Å². The summed E-state index contributed by atoms with van der Waals surface area (Å²) in [7, 11) is 0. The average molecular weight is 347 g/mol. The zero-order chi connectivity index (χ0) is 15.5. The highest BCUT2D eigenvalue weighted by molar-refractivity contribution is 8.21. The maximum atomic E-state index is 11.7. The van der Waals surface area contributed by atoms with Crippen LogP contribution in [0.1, 0.15) is 17.1 Å². The molecule has 0 radical (unpaired) electrons. The lowest BCUT2D eigenvalue weighted by molar-refractivity contribution is -0.107. The van der Waals surface area contributed by atoms with Gasteiger partial charge in [0.2, 0.25) is 5.12 Å². The fourth-order valence-electron chi connectivity index (χ4n) is 2.45. The van der Waals surface area contributed by atoms with E-state index in [1.54, 1.807) is 6.92 Å². The highest BCUT2D eigenvalue weighted by Crippen LogP contribution is 2.51. The number of hydrogen-bond acceptors (Lipinski definition) is 4. The van der Waals surface area contributed by atoms with Gasteiger partial charge in [0.1, 0.15) is 0 Å². The van der Waals surface area contributed by atoms with Gasteiger partial charge in [-0.05, 0) is 28.8 Å². The average Bonchev–Trinajstić information content (AvgIpc) is 3.00. The fraction of sp³-hybridized carbons (Fsp3) is 0.278. The third-order valence-electron chi connectivity index (χ3n) is 3.58. The monoisotopic (exact) mass is 346 g/mol. The Labute approximate surface area is 144 Å². The van der Waals surface area contributed by atoms with Crippen molar-refractivity contribution in [2.75, 3.05) is 11.5 Å². The predicted octanol–water partition coefficient (Wildman–Crippen LogP) is 5.52. The van der Waals surface area contributed by atoms with Gasteiger partial charge < -0.3 is 0 Å². The number of thioether (sulfide) groups is 3. The molecule has 0 aliphatic carbocycles. The minimum Gasteiger partial charge on any atom is -0.282 e. The molecule has 4 heteroatoms. The quantitative estimate of drug-likeness (QED) is 0.677. The largest absolute Gasteiger partial charge is 0.282 e. The molecule has 1 aliphatic heterocycles. The molecule has 2 unspecified atom stereocenters. The zero-order valence-corrected chi connectivity index (χ0v) is 14.9. The summed E-state index contributed by atoms with van der Waals surface area (Å²) in [6, 6.07) is 15.1. The van der Waals surface area contributed by atoms with Gasteiger partial charge in [-0.2, -0.15) is 0 Å². The van der Waals surface area contributed by atoms with Crippen molar-refractivity contribution in [1.29, 1.82) is 0 Å². The van der Waals surface area contributed by atoms with Crippen molar-refractivity contribution in [3.8, 4) is 0 Å². The SMILES string of the molecule is C=C(C)C(=O)SCC1CSC(c2cccc3ccccc23)S1. The molecule has 1 saturated heterocycles. The maximum Gasteiger partial charge on any atom is 0.214 e. The number of carbonyl (C=O) groups is 1. The van der Waals surface area contributed by atoms with Crippen LogP contribution in [-0.4, -0.2) is 21.9 Å². The van der Waals surface area contributed by atoms with Crippen LogP contribution < -0.4 is 0 Å². The van der Waals surface area contributed by atoms with Gasteiger partial charge >= 0.3 is 0 Å². The summed E-state index contributed by atoms with van der Waals surface area (Å²) in [5.41, 5.74) is 2.05. The minimum absolute atomic E-state index is 0.124. The number of benzene rings is 2.